The Morgan fingerprint density at radius 3 is 2.76 bits per heavy atom. The van der Waals surface area contributed by atoms with Gasteiger partial charge >= 0.3 is 6.03 Å². The van der Waals surface area contributed by atoms with Crippen LogP contribution in [-0.4, -0.2) is 36.8 Å². The molecule has 96 valence electrons. The van der Waals surface area contributed by atoms with E-state index in [0.717, 1.165) is 18.0 Å². The van der Waals surface area contributed by atoms with E-state index < -0.39 is 0 Å². The van der Waals surface area contributed by atoms with Crippen LogP contribution in [0.2, 0.25) is 0 Å². The molecule has 0 aliphatic rings. The van der Waals surface area contributed by atoms with Crippen molar-refractivity contribution in [1.82, 2.24) is 14.4 Å². The summed E-state index contributed by atoms with van der Waals surface area (Å²) in [5.74, 6) is 0.832. The summed E-state index contributed by atoms with van der Waals surface area (Å²) in [5.41, 5.74) is 2.27. The standard InChI is InChI=1S/C10H18N4OS2/c1-7-9(8(2)17-12-7)14(4)5-6-16-13-10(15)11-3/h5-6H2,1-4H3,(H2,11,13,15). The molecule has 0 radical (unpaired) electrons. The largest absolute Gasteiger partial charge is 0.371 e. The van der Waals surface area contributed by atoms with Crippen molar-refractivity contribution in [3.63, 3.8) is 0 Å². The number of hydrogen-bond acceptors (Lipinski definition) is 5. The lowest BCUT2D eigenvalue weighted by Gasteiger charge is -2.19. The van der Waals surface area contributed by atoms with Crippen LogP contribution in [-0.2, 0) is 0 Å². The number of anilines is 1. The summed E-state index contributed by atoms with van der Waals surface area (Å²) in [6.45, 7) is 4.96. The van der Waals surface area contributed by atoms with Gasteiger partial charge in [0, 0.05) is 31.3 Å². The average Bonchev–Trinajstić information content (AvgIpc) is 2.64. The van der Waals surface area contributed by atoms with Gasteiger partial charge in [-0.05, 0) is 37.3 Å². The highest BCUT2D eigenvalue weighted by atomic mass is 32.2. The van der Waals surface area contributed by atoms with Crippen LogP contribution in [0.25, 0.3) is 0 Å². The summed E-state index contributed by atoms with van der Waals surface area (Å²) < 4.78 is 7.01. The molecule has 0 atom stereocenters. The van der Waals surface area contributed by atoms with Gasteiger partial charge in [-0.1, -0.05) is 0 Å². The van der Waals surface area contributed by atoms with E-state index in [-0.39, 0.29) is 6.03 Å². The zero-order valence-electron chi connectivity index (χ0n) is 10.5. The van der Waals surface area contributed by atoms with Gasteiger partial charge < -0.3 is 10.2 Å². The zero-order chi connectivity index (χ0) is 12.8. The summed E-state index contributed by atoms with van der Waals surface area (Å²) in [6.07, 6.45) is 0. The molecule has 7 heteroatoms. The van der Waals surface area contributed by atoms with Crippen molar-refractivity contribution in [1.29, 1.82) is 0 Å². The van der Waals surface area contributed by atoms with E-state index in [2.05, 4.69) is 26.2 Å². The smallest absolute Gasteiger partial charge is 0.324 e. The van der Waals surface area contributed by atoms with Gasteiger partial charge in [-0.2, -0.15) is 4.37 Å². The number of nitrogens with zero attached hydrogens (tertiary/aromatic N) is 2. The molecule has 0 aliphatic carbocycles. The van der Waals surface area contributed by atoms with Crippen molar-refractivity contribution in [3.05, 3.63) is 10.6 Å². The van der Waals surface area contributed by atoms with Crippen molar-refractivity contribution in [2.24, 2.45) is 0 Å². The van der Waals surface area contributed by atoms with Gasteiger partial charge in [0.05, 0.1) is 11.4 Å². The van der Waals surface area contributed by atoms with Crippen molar-refractivity contribution < 1.29 is 4.79 Å². The first-order valence-corrected chi connectivity index (χ1v) is 7.05. The Kier molecular flexibility index (Phi) is 5.57. The molecule has 1 rings (SSSR count). The first-order chi connectivity index (χ1) is 8.06. The summed E-state index contributed by atoms with van der Waals surface area (Å²) in [6, 6.07) is -0.165. The first kappa shape index (κ1) is 14.1. The molecule has 0 aromatic carbocycles. The highest BCUT2D eigenvalue weighted by molar-refractivity contribution is 7.97. The van der Waals surface area contributed by atoms with E-state index >= 15 is 0 Å². The molecule has 5 nitrogen and oxygen atoms in total. The Morgan fingerprint density at radius 1 is 1.53 bits per heavy atom. The minimum Gasteiger partial charge on any atom is -0.371 e. The minimum atomic E-state index is -0.165. The SMILES string of the molecule is CNC(=O)NSCCN(C)c1c(C)nsc1C. The predicted octanol–water partition coefficient (Wildman–Crippen LogP) is 1.77. The van der Waals surface area contributed by atoms with Crippen LogP contribution < -0.4 is 14.9 Å². The van der Waals surface area contributed by atoms with Crippen LogP contribution in [0.4, 0.5) is 10.5 Å². The van der Waals surface area contributed by atoms with Crippen molar-refractivity contribution >= 4 is 35.2 Å². The van der Waals surface area contributed by atoms with Crippen LogP contribution in [0.3, 0.4) is 0 Å². The van der Waals surface area contributed by atoms with E-state index in [1.807, 2.05) is 14.0 Å². The van der Waals surface area contributed by atoms with E-state index in [9.17, 15) is 4.79 Å². The van der Waals surface area contributed by atoms with E-state index in [4.69, 9.17) is 0 Å². The Balaban J connectivity index is 2.35. The molecule has 2 N–H and O–H groups in total. The summed E-state index contributed by atoms with van der Waals surface area (Å²) >= 11 is 2.93. The minimum absolute atomic E-state index is 0.165. The van der Waals surface area contributed by atoms with Gasteiger partial charge in [-0.3, -0.25) is 4.72 Å². The number of carbonyl (C=O) groups is 1. The lowest BCUT2D eigenvalue weighted by Crippen LogP contribution is -2.29. The van der Waals surface area contributed by atoms with Gasteiger partial charge in [-0.25, -0.2) is 4.79 Å². The molecular formula is C10H18N4OS2. The summed E-state index contributed by atoms with van der Waals surface area (Å²) in [4.78, 5) is 14.3. The van der Waals surface area contributed by atoms with Crippen LogP contribution in [0.15, 0.2) is 0 Å². The first-order valence-electron chi connectivity index (χ1n) is 5.29. The average molecular weight is 274 g/mol. The van der Waals surface area contributed by atoms with Gasteiger partial charge in [0.25, 0.3) is 0 Å². The molecule has 0 aliphatic heterocycles. The van der Waals surface area contributed by atoms with Crippen molar-refractivity contribution in [3.8, 4) is 0 Å². The highest BCUT2D eigenvalue weighted by Gasteiger charge is 2.11. The molecule has 17 heavy (non-hydrogen) atoms. The molecule has 1 aromatic heterocycles. The fourth-order valence-electron chi connectivity index (χ4n) is 1.49. The molecule has 0 fully saturated rings. The van der Waals surface area contributed by atoms with E-state index in [1.54, 1.807) is 7.05 Å². The van der Waals surface area contributed by atoms with E-state index in [1.165, 1.54) is 34.0 Å². The van der Waals surface area contributed by atoms with Gasteiger partial charge in [0.15, 0.2) is 0 Å². The monoisotopic (exact) mass is 274 g/mol. The van der Waals surface area contributed by atoms with Gasteiger partial charge in [-0.15, -0.1) is 0 Å². The number of urea groups is 1. The molecule has 1 heterocycles. The van der Waals surface area contributed by atoms with Crippen LogP contribution in [0.1, 0.15) is 10.6 Å². The number of rotatable bonds is 5. The number of amides is 2. The lowest BCUT2D eigenvalue weighted by molar-refractivity contribution is 0.248. The molecule has 0 bridgehead atoms. The maximum absolute atomic E-state index is 10.9. The number of aromatic nitrogens is 1. The quantitative estimate of drug-likeness (QED) is 0.635. The van der Waals surface area contributed by atoms with Gasteiger partial charge in [0.2, 0.25) is 0 Å². The number of nitrogens with one attached hydrogen (secondary N) is 2. The second-order valence-electron chi connectivity index (χ2n) is 3.62. The number of carbonyl (C=O) groups excluding carboxylic acids is 1. The molecular weight excluding hydrogens is 256 g/mol. The molecule has 2 amide bonds. The number of aryl methyl sites for hydroxylation is 2. The zero-order valence-corrected chi connectivity index (χ0v) is 12.2. The number of hydrogen-bond donors (Lipinski definition) is 2. The third kappa shape index (κ3) is 4.08. The summed E-state index contributed by atoms with van der Waals surface area (Å²) in [5, 5.41) is 2.51. The maximum atomic E-state index is 10.9. The maximum Gasteiger partial charge on any atom is 0.324 e. The fraction of sp³-hybridized carbons (Fsp3) is 0.600. The van der Waals surface area contributed by atoms with E-state index in [0.29, 0.717) is 0 Å². The predicted molar refractivity (Wildman–Crippen MR) is 74.9 cm³/mol. The Morgan fingerprint density at radius 2 is 2.24 bits per heavy atom. The lowest BCUT2D eigenvalue weighted by atomic mass is 10.3. The Bertz CT molecular complexity index is 361. The Hall–Kier alpha value is -0.950. The van der Waals surface area contributed by atoms with Crippen molar-refractivity contribution in [2.75, 3.05) is 31.3 Å². The second-order valence-corrected chi connectivity index (χ2v) is 5.50. The molecule has 0 saturated carbocycles. The second kappa shape index (κ2) is 6.70. The van der Waals surface area contributed by atoms with Crippen molar-refractivity contribution in [2.45, 2.75) is 13.8 Å². The third-order valence-electron chi connectivity index (χ3n) is 2.30. The van der Waals surface area contributed by atoms with Crippen LogP contribution in [0.5, 0.6) is 0 Å². The topological polar surface area (TPSA) is 57.3 Å². The highest BCUT2D eigenvalue weighted by Crippen LogP contribution is 2.26. The molecule has 1 aromatic rings. The van der Waals surface area contributed by atoms with Crippen LogP contribution >= 0.6 is 23.5 Å². The molecule has 0 saturated heterocycles. The molecule has 0 unspecified atom stereocenters. The third-order valence-corrected chi connectivity index (χ3v) is 3.85. The normalized spacial score (nSPS) is 10.1. The fourth-order valence-corrected chi connectivity index (χ4v) is 2.94. The summed E-state index contributed by atoms with van der Waals surface area (Å²) in [7, 11) is 3.65. The Labute approximate surface area is 110 Å². The van der Waals surface area contributed by atoms with Crippen LogP contribution in [0, 0.1) is 13.8 Å². The molecule has 0 spiro atoms. The van der Waals surface area contributed by atoms with Gasteiger partial charge in [0.1, 0.15) is 0 Å².